The molecule has 0 saturated carbocycles. The van der Waals surface area contributed by atoms with Crippen molar-refractivity contribution in [2.75, 3.05) is 11.9 Å². The number of hydrogen-bond acceptors (Lipinski definition) is 1. The van der Waals surface area contributed by atoms with Crippen LogP contribution in [0.3, 0.4) is 0 Å². The molecule has 0 radical (unpaired) electrons. The standard InChI is InChI=1S/C17H18F3N/c1-13-8-10-14(11-9-13)16(12-17(18,19)20)21(2)15-6-4-3-5-7-15/h3-11,16H,12H2,1-2H3. The molecule has 0 amide bonds. The zero-order chi connectivity index (χ0) is 15.5. The summed E-state index contributed by atoms with van der Waals surface area (Å²) < 4.78 is 38.8. The topological polar surface area (TPSA) is 3.24 Å². The number of hydrogen-bond donors (Lipinski definition) is 0. The predicted octanol–water partition coefficient (Wildman–Crippen LogP) is 5.12. The van der Waals surface area contributed by atoms with E-state index in [2.05, 4.69) is 0 Å². The van der Waals surface area contributed by atoms with Gasteiger partial charge in [-0.05, 0) is 24.6 Å². The highest BCUT2D eigenvalue weighted by atomic mass is 19.4. The average molecular weight is 293 g/mol. The Kier molecular flexibility index (Phi) is 4.56. The number of halogens is 3. The Labute approximate surface area is 123 Å². The van der Waals surface area contributed by atoms with Crippen molar-refractivity contribution in [1.82, 2.24) is 0 Å². The predicted molar refractivity (Wildman–Crippen MR) is 79.4 cm³/mol. The van der Waals surface area contributed by atoms with Crippen LogP contribution in [0, 0.1) is 6.92 Å². The molecule has 0 aliphatic rings. The molecule has 0 N–H and O–H groups in total. The molecule has 1 atom stereocenters. The minimum absolute atomic E-state index is 0.671. The molecule has 0 saturated heterocycles. The second-order valence-corrected chi connectivity index (χ2v) is 5.19. The lowest BCUT2D eigenvalue weighted by molar-refractivity contribution is -0.138. The van der Waals surface area contributed by atoms with E-state index < -0.39 is 18.6 Å². The van der Waals surface area contributed by atoms with Crippen LogP contribution in [0.25, 0.3) is 0 Å². The van der Waals surface area contributed by atoms with Gasteiger partial charge in [-0.15, -0.1) is 0 Å². The van der Waals surface area contributed by atoms with Gasteiger partial charge in [-0.2, -0.15) is 13.2 Å². The lowest BCUT2D eigenvalue weighted by Gasteiger charge is -2.31. The van der Waals surface area contributed by atoms with E-state index in [-0.39, 0.29) is 0 Å². The monoisotopic (exact) mass is 293 g/mol. The summed E-state index contributed by atoms with van der Waals surface area (Å²) in [6.45, 7) is 1.92. The maximum absolute atomic E-state index is 12.9. The van der Waals surface area contributed by atoms with E-state index in [1.165, 1.54) is 0 Å². The molecule has 2 aromatic rings. The number of alkyl halides is 3. The van der Waals surface area contributed by atoms with Crippen LogP contribution < -0.4 is 4.90 Å². The second-order valence-electron chi connectivity index (χ2n) is 5.19. The van der Waals surface area contributed by atoms with Crippen molar-refractivity contribution in [3.63, 3.8) is 0 Å². The van der Waals surface area contributed by atoms with Crippen molar-refractivity contribution in [2.45, 2.75) is 25.6 Å². The molecule has 0 heterocycles. The van der Waals surface area contributed by atoms with Gasteiger partial charge in [-0.25, -0.2) is 0 Å². The van der Waals surface area contributed by atoms with Crippen molar-refractivity contribution < 1.29 is 13.2 Å². The van der Waals surface area contributed by atoms with Crippen LogP contribution in [0.2, 0.25) is 0 Å². The number of anilines is 1. The number of para-hydroxylation sites is 1. The van der Waals surface area contributed by atoms with Gasteiger partial charge in [0.1, 0.15) is 0 Å². The van der Waals surface area contributed by atoms with E-state index in [1.54, 1.807) is 24.1 Å². The Bertz CT molecular complexity index is 561. The van der Waals surface area contributed by atoms with Crippen LogP contribution >= 0.6 is 0 Å². The minimum atomic E-state index is -4.21. The third-order valence-corrected chi connectivity index (χ3v) is 3.52. The van der Waals surface area contributed by atoms with E-state index in [0.29, 0.717) is 5.56 Å². The summed E-state index contributed by atoms with van der Waals surface area (Å²) in [4.78, 5) is 1.68. The van der Waals surface area contributed by atoms with E-state index in [4.69, 9.17) is 0 Å². The van der Waals surface area contributed by atoms with Gasteiger partial charge in [0.2, 0.25) is 0 Å². The first-order valence-corrected chi connectivity index (χ1v) is 6.78. The summed E-state index contributed by atoms with van der Waals surface area (Å²) in [5.74, 6) is 0. The summed E-state index contributed by atoms with van der Waals surface area (Å²) in [6.07, 6.45) is -5.08. The summed E-state index contributed by atoms with van der Waals surface area (Å²) in [7, 11) is 1.70. The third-order valence-electron chi connectivity index (χ3n) is 3.52. The molecule has 1 unspecified atom stereocenters. The number of nitrogens with zero attached hydrogens (tertiary/aromatic N) is 1. The summed E-state index contributed by atoms with van der Waals surface area (Å²) in [6, 6.07) is 15.6. The van der Waals surface area contributed by atoms with Gasteiger partial charge in [-0.3, -0.25) is 0 Å². The van der Waals surface area contributed by atoms with Gasteiger partial charge in [0, 0.05) is 12.7 Å². The largest absolute Gasteiger partial charge is 0.391 e. The van der Waals surface area contributed by atoms with Crippen LogP contribution in [0.4, 0.5) is 18.9 Å². The molecule has 2 rings (SSSR count). The van der Waals surface area contributed by atoms with Gasteiger partial charge in [0.05, 0.1) is 12.5 Å². The average Bonchev–Trinajstić information content (AvgIpc) is 2.45. The second kappa shape index (κ2) is 6.20. The Hall–Kier alpha value is -1.97. The van der Waals surface area contributed by atoms with Gasteiger partial charge < -0.3 is 4.90 Å². The Morgan fingerprint density at radius 2 is 1.52 bits per heavy atom. The number of aryl methyl sites for hydroxylation is 1. The third kappa shape index (κ3) is 4.25. The van der Waals surface area contributed by atoms with Gasteiger partial charge >= 0.3 is 6.18 Å². The number of rotatable bonds is 4. The molecular weight excluding hydrogens is 275 g/mol. The zero-order valence-electron chi connectivity index (χ0n) is 12.1. The first-order chi connectivity index (χ1) is 9.87. The molecule has 0 fully saturated rings. The van der Waals surface area contributed by atoms with Crippen molar-refractivity contribution in [3.05, 3.63) is 65.7 Å². The smallest absolute Gasteiger partial charge is 0.367 e. The molecule has 2 aromatic carbocycles. The molecule has 4 heteroatoms. The molecule has 0 aliphatic heterocycles. The minimum Gasteiger partial charge on any atom is -0.367 e. The summed E-state index contributed by atoms with van der Waals surface area (Å²) in [5.41, 5.74) is 2.48. The highest BCUT2D eigenvalue weighted by Gasteiger charge is 2.34. The highest BCUT2D eigenvalue weighted by Crippen LogP contribution is 2.35. The lowest BCUT2D eigenvalue weighted by atomic mass is 10.00. The first-order valence-electron chi connectivity index (χ1n) is 6.78. The normalized spacial score (nSPS) is 13.0. The molecular formula is C17H18F3N. The molecule has 0 bridgehead atoms. The van der Waals surface area contributed by atoms with E-state index in [1.807, 2.05) is 49.4 Å². The maximum atomic E-state index is 12.9. The molecule has 0 aliphatic carbocycles. The Morgan fingerprint density at radius 3 is 2.05 bits per heavy atom. The molecule has 0 spiro atoms. The quantitative estimate of drug-likeness (QED) is 0.755. The fourth-order valence-electron chi connectivity index (χ4n) is 2.33. The fraction of sp³-hybridized carbons (Fsp3) is 0.294. The van der Waals surface area contributed by atoms with E-state index >= 15 is 0 Å². The Morgan fingerprint density at radius 1 is 0.952 bits per heavy atom. The molecule has 0 aromatic heterocycles. The van der Waals surface area contributed by atoms with Crippen molar-refractivity contribution >= 4 is 5.69 Å². The van der Waals surface area contributed by atoms with Gasteiger partial charge in [-0.1, -0.05) is 48.0 Å². The fourth-order valence-corrected chi connectivity index (χ4v) is 2.33. The van der Waals surface area contributed by atoms with Crippen molar-refractivity contribution in [3.8, 4) is 0 Å². The van der Waals surface area contributed by atoms with Crippen LogP contribution in [0.15, 0.2) is 54.6 Å². The summed E-state index contributed by atoms with van der Waals surface area (Å²) >= 11 is 0. The first kappa shape index (κ1) is 15.4. The molecule has 1 nitrogen and oxygen atoms in total. The van der Waals surface area contributed by atoms with Gasteiger partial charge in [0.25, 0.3) is 0 Å². The SMILES string of the molecule is Cc1ccc(C(CC(F)(F)F)N(C)c2ccccc2)cc1. The van der Waals surface area contributed by atoms with Crippen molar-refractivity contribution in [2.24, 2.45) is 0 Å². The van der Waals surface area contributed by atoms with Crippen LogP contribution in [0.5, 0.6) is 0 Å². The lowest BCUT2D eigenvalue weighted by Crippen LogP contribution is -2.28. The maximum Gasteiger partial charge on any atom is 0.391 e. The van der Waals surface area contributed by atoms with Crippen LogP contribution in [-0.2, 0) is 0 Å². The van der Waals surface area contributed by atoms with Crippen molar-refractivity contribution in [1.29, 1.82) is 0 Å². The van der Waals surface area contributed by atoms with E-state index in [0.717, 1.165) is 11.3 Å². The highest BCUT2D eigenvalue weighted by molar-refractivity contribution is 5.48. The Balaban J connectivity index is 2.34. The zero-order valence-corrected chi connectivity index (χ0v) is 12.1. The van der Waals surface area contributed by atoms with E-state index in [9.17, 15) is 13.2 Å². The molecule has 21 heavy (non-hydrogen) atoms. The van der Waals surface area contributed by atoms with Gasteiger partial charge in [0.15, 0.2) is 0 Å². The summed E-state index contributed by atoms with van der Waals surface area (Å²) in [5, 5.41) is 0. The molecule has 112 valence electrons. The number of benzene rings is 2. The van der Waals surface area contributed by atoms with Crippen LogP contribution in [0.1, 0.15) is 23.6 Å². The van der Waals surface area contributed by atoms with Crippen LogP contribution in [-0.4, -0.2) is 13.2 Å².